The van der Waals surface area contributed by atoms with E-state index < -0.39 is 0 Å². The third-order valence-electron chi connectivity index (χ3n) is 2.75. The zero-order valence-corrected chi connectivity index (χ0v) is 12.2. The van der Waals surface area contributed by atoms with Crippen LogP contribution >= 0.6 is 0 Å². The summed E-state index contributed by atoms with van der Waals surface area (Å²) >= 11 is 0. The molecule has 0 aromatic carbocycles. The van der Waals surface area contributed by atoms with Crippen molar-refractivity contribution in [2.24, 2.45) is 0 Å². The van der Waals surface area contributed by atoms with Crippen LogP contribution in [0.3, 0.4) is 0 Å². The molecule has 1 N–H and O–H groups in total. The molecule has 0 saturated carbocycles. The van der Waals surface area contributed by atoms with Crippen LogP contribution in [-0.2, 0) is 13.0 Å². The quantitative estimate of drug-likeness (QED) is 0.518. The highest BCUT2D eigenvalue weighted by Crippen LogP contribution is 2.14. The van der Waals surface area contributed by atoms with E-state index in [9.17, 15) is 0 Å². The first-order valence-corrected chi connectivity index (χ1v) is 7.24. The Morgan fingerprint density at radius 2 is 2.16 bits per heavy atom. The molecule has 0 unspecified atom stereocenters. The zero-order chi connectivity index (χ0) is 13.9. The molecule has 0 atom stereocenters. The molecule has 106 valence electrons. The summed E-state index contributed by atoms with van der Waals surface area (Å²) in [6.45, 7) is 10.6. The van der Waals surface area contributed by atoms with E-state index in [2.05, 4.69) is 36.8 Å². The highest BCUT2D eigenvalue weighted by Gasteiger charge is 2.03. The van der Waals surface area contributed by atoms with Gasteiger partial charge in [0.1, 0.15) is 0 Å². The fraction of sp³-hybridized carbons (Fsp3) is 0.562. The van der Waals surface area contributed by atoms with Crippen LogP contribution in [0.5, 0.6) is 5.88 Å². The number of ether oxygens (including phenoxy) is 1. The van der Waals surface area contributed by atoms with Crippen LogP contribution in [0.4, 0.5) is 0 Å². The molecule has 19 heavy (non-hydrogen) atoms. The number of hydrogen-bond acceptors (Lipinski definition) is 3. The second-order valence-electron chi connectivity index (χ2n) is 4.66. The van der Waals surface area contributed by atoms with E-state index in [1.54, 1.807) is 0 Å². The lowest BCUT2D eigenvalue weighted by Crippen LogP contribution is -2.14. The lowest BCUT2D eigenvalue weighted by atomic mass is 10.1. The van der Waals surface area contributed by atoms with Crippen LogP contribution in [0.25, 0.3) is 0 Å². The van der Waals surface area contributed by atoms with Gasteiger partial charge in [0.05, 0.1) is 6.61 Å². The molecule has 0 aliphatic rings. The molecule has 0 spiro atoms. The molecule has 0 aliphatic carbocycles. The molecule has 1 rings (SSSR count). The number of nitrogens with one attached hydrogen (secondary N) is 1. The highest BCUT2D eigenvalue weighted by molar-refractivity contribution is 5.25. The molecule has 0 radical (unpaired) electrons. The minimum atomic E-state index is 0.647. The van der Waals surface area contributed by atoms with Gasteiger partial charge in [-0.1, -0.05) is 26.3 Å². The van der Waals surface area contributed by atoms with E-state index in [4.69, 9.17) is 4.74 Å². The van der Waals surface area contributed by atoms with Crippen molar-refractivity contribution in [1.82, 2.24) is 10.3 Å². The molecule has 1 aromatic rings. The SMILES string of the molecule is C=CCCOc1cc(CNCCC)cc(CCC)n1. The van der Waals surface area contributed by atoms with Gasteiger partial charge in [0, 0.05) is 18.3 Å². The number of rotatable bonds is 10. The lowest BCUT2D eigenvalue weighted by molar-refractivity contribution is 0.311. The van der Waals surface area contributed by atoms with Gasteiger partial charge in [-0.05, 0) is 37.4 Å². The second-order valence-corrected chi connectivity index (χ2v) is 4.66. The van der Waals surface area contributed by atoms with E-state index in [0.717, 1.165) is 50.3 Å². The standard InChI is InChI=1S/C16H26N2O/c1-4-7-10-19-16-12-14(13-17-9-6-3)11-15(18-16)8-5-2/h4,11-12,17H,1,5-10,13H2,2-3H3. The summed E-state index contributed by atoms with van der Waals surface area (Å²) in [4.78, 5) is 4.54. The third-order valence-corrected chi connectivity index (χ3v) is 2.75. The second kappa shape index (κ2) is 9.56. The van der Waals surface area contributed by atoms with Gasteiger partial charge >= 0.3 is 0 Å². The summed E-state index contributed by atoms with van der Waals surface area (Å²) in [5, 5.41) is 3.42. The molecule has 0 bridgehead atoms. The summed E-state index contributed by atoms with van der Waals surface area (Å²) in [5.41, 5.74) is 2.37. The Morgan fingerprint density at radius 1 is 1.32 bits per heavy atom. The Morgan fingerprint density at radius 3 is 2.84 bits per heavy atom. The summed E-state index contributed by atoms with van der Waals surface area (Å²) in [5.74, 6) is 0.737. The maximum Gasteiger partial charge on any atom is 0.213 e. The van der Waals surface area contributed by atoms with Crippen molar-refractivity contribution < 1.29 is 4.74 Å². The van der Waals surface area contributed by atoms with Gasteiger partial charge in [-0.15, -0.1) is 6.58 Å². The average molecular weight is 262 g/mol. The van der Waals surface area contributed by atoms with E-state index in [1.165, 1.54) is 5.56 Å². The molecule has 3 nitrogen and oxygen atoms in total. The van der Waals surface area contributed by atoms with Gasteiger partial charge in [0.2, 0.25) is 5.88 Å². The van der Waals surface area contributed by atoms with E-state index in [-0.39, 0.29) is 0 Å². The van der Waals surface area contributed by atoms with Gasteiger partial charge in [-0.3, -0.25) is 0 Å². The molecule has 0 fully saturated rings. The van der Waals surface area contributed by atoms with Crippen LogP contribution in [0.15, 0.2) is 24.8 Å². The van der Waals surface area contributed by atoms with Crippen LogP contribution in [0, 0.1) is 0 Å². The third kappa shape index (κ3) is 6.39. The molecular weight excluding hydrogens is 236 g/mol. The van der Waals surface area contributed by atoms with Crippen molar-refractivity contribution in [2.75, 3.05) is 13.2 Å². The first-order valence-electron chi connectivity index (χ1n) is 7.24. The topological polar surface area (TPSA) is 34.1 Å². The Balaban J connectivity index is 2.68. The number of aromatic nitrogens is 1. The fourth-order valence-corrected chi connectivity index (χ4v) is 1.84. The summed E-state index contributed by atoms with van der Waals surface area (Å²) in [6.07, 6.45) is 5.96. The van der Waals surface area contributed by atoms with Crippen molar-refractivity contribution in [2.45, 2.75) is 46.1 Å². The molecule has 0 saturated heterocycles. The van der Waals surface area contributed by atoms with Crippen molar-refractivity contribution in [3.63, 3.8) is 0 Å². The van der Waals surface area contributed by atoms with Crippen molar-refractivity contribution in [1.29, 1.82) is 0 Å². The normalized spacial score (nSPS) is 10.4. The first kappa shape index (κ1) is 15.7. The maximum atomic E-state index is 5.67. The zero-order valence-electron chi connectivity index (χ0n) is 12.2. The molecule has 0 amide bonds. The maximum absolute atomic E-state index is 5.67. The first-order chi connectivity index (χ1) is 9.30. The predicted molar refractivity (Wildman–Crippen MR) is 80.5 cm³/mol. The van der Waals surface area contributed by atoms with Crippen LogP contribution in [-0.4, -0.2) is 18.1 Å². The minimum absolute atomic E-state index is 0.647. The van der Waals surface area contributed by atoms with E-state index in [1.807, 2.05) is 12.1 Å². The monoisotopic (exact) mass is 262 g/mol. The predicted octanol–water partition coefficient (Wildman–Crippen LogP) is 3.49. The summed E-state index contributed by atoms with van der Waals surface area (Å²) in [7, 11) is 0. The van der Waals surface area contributed by atoms with Crippen molar-refractivity contribution >= 4 is 0 Å². The molecule has 3 heteroatoms. The van der Waals surface area contributed by atoms with Gasteiger partial charge in [-0.2, -0.15) is 0 Å². The minimum Gasteiger partial charge on any atom is -0.477 e. The number of hydrogen-bond donors (Lipinski definition) is 1. The Bertz CT molecular complexity index is 377. The van der Waals surface area contributed by atoms with Crippen molar-refractivity contribution in [3.8, 4) is 5.88 Å². The highest BCUT2D eigenvalue weighted by atomic mass is 16.5. The summed E-state index contributed by atoms with van der Waals surface area (Å²) in [6, 6.07) is 4.21. The molecule has 1 heterocycles. The molecule has 1 aromatic heterocycles. The fourth-order valence-electron chi connectivity index (χ4n) is 1.84. The van der Waals surface area contributed by atoms with Gasteiger partial charge in [0.15, 0.2) is 0 Å². The lowest BCUT2D eigenvalue weighted by Gasteiger charge is -2.10. The largest absolute Gasteiger partial charge is 0.477 e. The molecule has 0 aliphatic heterocycles. The van der Waals surface area contributed by atoms with Gasteiger partial charge in [-0.25, -0.2) is 4.98 Å². The number of nitrogens with zero attached hydrogens (tertiary/aromatic N) is 1. The van der Waals surface area contributed by atoms with Crippen LogP contribution in [0.2, 0.25) is 0 Å². The Labute approximate surface area is 117 Å². The summed E-state index contributed by atoms with van der Waals surface area (Å²) < 4.78 is 5.67. The number of aryl methyl sites for hydroxylation is 1. The van der Waals surface area contributed by atoms with E-state index in [0.29, 0.717) is 6.61 Å². The Kier molecular flexibility index (Phi) is 7.91. The Hall–Kier alpha value is -1.35. The molecular formula is C16H26N2O. The van der Waals surface area contributed by atoms with E-state index >= 15 is 0 Å². The van der Waals surface area contributed by atoms with Gasteiger partial charge < -0.3 is 10.1 Å². The van der Waals surface area contributed by atoms with Crippen LogP contribution < -0.4 is 10.1 Å². The van der Waals surface area contributed by atoms with Crippen molar-refractivity contribution in [3.05, 3.63) is 36.0 Å². The average Bonchev–Trinajstić information content (AvgIpc) is 2.40. The van der Waals surface area contributed by atoms with Crippen LogP contribution in [0.1, 0.15) is 44.4 Å². The smallest absolute Gasteiger partial charge is 0.213 e. The van der Waals surface area contributed by atoms with Gasteiger partial charge in [0.25, 0.3) is 0 Å². The number of pyridine rings is 1.